The molecule has 4 nitrogen and oxygen atoms in total. The third-order valence-corrected chi connectivity index (χ3v) is 3.60. The lowest BCUT2D eigenvalue weighted by Crippen LogP contribution is -2.33. The first-order valence-corrected chi connectivity index (χ1v) is 6.81. The van der Waals surface area contributed by atoms with Crippen LogP contribution in [-0.2, 0) is 4.79 Å². The molecule has 2 rings (SSSR count). The molecular formula is C15H18FN3O. The Morgan fingerprint density at radius 2 is 2.20 bits per heavy atom. The fourth-order valence-electron chi connectivity index (χ4n) is 2.40. The Hall–Kier alpha value is -2.09. The second kappa shape index (κ2) is 6.38. The monoisotopic (exact) mass is 275 g/mol. The largest absolute Gasteiger partial charge is 0.370 e. The first-order valence-electron chi connectivity index (χ1n) is 6.81. The lowest BCUT2D eigenvalue weighted by Gasteiger charge is -2.33. The van der Waals surface area contributed by atoms with Crippen LogP contribution in [0.3, 0.4) is 0 Å². The molecule has 1 aromatic carbocycles. The lowest BCUT2D eigenvalue weighted by atomic mass is 9.98. The molecule has 0 radical (unpaired) electrons. The van der Waals surface area contributed by atoms with Crippen LogP contribution in [-0.4, -0.2) is 19.0 Å². The van der Waals surface area contributed by atoms with E-state index in [2.05, 4.69) is 17.1 Å². The molecule has 5 heteroatoms. The quantitative estimate of drug-likeness (QED) is 0.922. The Labute approximate surface area is 118 Å². The predicted octanol–water partition coefficient (Wildman–Crippen LogP) is 2.91. The van der Waals surface area contributed by atoms with E-state index in [0.717, 1.165) is 31.6 Å². The van der Waals surface area contributed by atoms with Crippen LogP contribution in [0, 0.1) is 23.1 Å². The topological polar surface area (TPSA) is 56.1 Å². The highest BCUT2D eigenvalue weighted by Gasteiger charge is 2.19. The van der Waals surface area contributed by atoms with Crippen molar-refractivity contribution in [3.8, 4) is 6.07 Å². The molecule has 1 aliphatic rings. The summed E-state index contributed by atoms with van der Waals surface area (Å²) >= 11 is 0. The van der Waals surface area contributed by atoms with E-state index in [4.69, 9.17) is 5.26 Å². The predicted molar refractivity (Wildman–Crippen MR) is 75.9 cm³/mol. The van der Waals surface area contributed by atoms with Gasteiger partial charge in [-0.15, -0.1) is 0 Å². The van der Waals surface area contributed by atoms with Crippen LogP contribution in [0.15, 0.2) is 18.2 Å². The van der Waals surface area contributed by atoms with Gasteiger partial charge >= 0.3 is 0 Å². The van der Waals surface area contributed by atoms with E-state index in [1.807, 2.05) is 0 Å². The number of carbonyl (C=O) groups is 1. The highest BCUT2D eigenvalue weighted by molar-refractivity contribution is 5.95. The van der Waals surface area contributed by atoms with E-state index in [9.17, 15) is 9.18 Å². The molecule has 0 aromatic heterocycles. The smallest absolute Gasteiger partial charge is 0.238 e. The number of hydrogen-bond acceptors (Lipinski definition) is 3. The fourth-order valence-corrected chi connectivity index (χ4v) is 2.40. The van der Waals surface area contributed by atoms with Crippen molar-refractivity contribution < 1.29 is 9.18 Å². The Kier molecular flexibility index (Phi) is 4.57. The minimum atomic E-state index is -0.412. The molecule has 106 valence electrons. The van der Waals surface area contributed by atoms with Crippen LogP contribution in [0.5, 0.6) is 0 Å². The molecular weight excluding hydrogens is 257 g/mol. The SMILES string of the molecule is CC1CCN(c2ccc(F)cc2NC(=O)CC#N)CC1. The van der Waals surface area contributed by atoms with Crippen molar-refractivity contribution in [2.75, 3.05) is 23.3 Å². The molecule has 0 aliphatic carbocycles. The lowest BCUT2D eigenvalue weighted by molar-refractivity contribution is -0.115. The van der Waals surface area contributed by atoms with Crippen LogP contribution in [0.25, 0.3) is 0 Å². The number of piperidine rings is 1. The van der Waals surface area contributed by atoms with Crippen LogP contribution in [0.4, 0.5) is 15.8 Å². The number of nitriles is 1. The number of rotatable bonds is 3. The summed E-state index contributed by atoms with van der Waals surface area (Å²) in [6.07, 6.45) is 1.94. The maximum atomic E-state index is 13.4. The summed E-state index contributed by atoms with van der Waals surface area (Å²) in [4.78, 5) is 13.7. The van der Waals surface area contributed by atoms with Gasteiger partial charge in [0.2, 0.25) is 5.91 Å². The molecule has 0 saturated carbocycles. The first-order chi connectivity index (χ1) is 9.60. The Morgan fingerprint density at radius 3 is 2.85 bits per heavy atom. The molecule has 0 unspecified atom stereocenters. The van der Waals surface area contributed by atoms with Crippen molar-refractivity contribution in [2.24, 2.45) is 5.92 Å². The Bertz CT molecular complexity index is 530. The van der Waals surface area contributed by atoms with Crippen LogP contribution >= 0.6 is 0 Å². The summed E-state index contributed by atoms with van der Waals surface area (Å²) in [6, 6.07) is 6.18. The second-order valence-corrected chi connectivity index (χ2v) is 5.21. The van der Waals surface area contributed by atoms with E-state index < -0.39 is 11.7 Å². The number of hydrogen-bond donors (Lipinski definition) is 1. The molecule has 0 spiro atoms. The summed E-state index contributed by atoms with van der Waals surface area (Å²) in [5, 5.41) is 11.1. The highest BCUT2D eigenvalue weighted by atomic mass is 19.1. The van der Waals surface area contributed by atoms with E-state index in [-0.39, 0.29) is 6.42 Å². The zero-order chi connectivity index (χ0) is 14.5. The second-order valence-electron chi connectivity index (χ2n) is 5.21. The van der Waals surface area contributed by atoms with Crippen molar-refractivity contribution in [1.82, 2.24) is 0 Å². The number of nitrogens with zero attached hydrogens (tertiary/aromatic N) is 2. The summed E-state index contributed by atoms with van der Waals surface area (Å²) in [5.41, 5.74) is 1.27. The third-order valence-electron chi connectivity index (χ3n) is 3.60. The molecule has 1 heterocycles. The highest BCUT2D eigenvalue weighted by Crippen LogP contribution is 2.30. The normalized spacial score (nSPS) is 15.8. The Balaban J connectivity index is 2.19. The van der Waals surface area contributed by atoms with Crippen molar-refractivity contribution in [3.63, 3.8) is 0 Å². The molecule has 20 heavy (non-hydrogen) atoms. The fraction of sp³-hybridized carbons (Fsp3) is 0.467. The van der Waals surface area contributed by atoms with Crippen molar-refractivity contribution >= 4 is 17.3 Å². The molecule has 0 bridgehead atoms. The minimum absolute atomic E-state index is 0.229. The summed E-state index contributed by atoms with van der Waals surface area (Å²) < 4.78 is 13.4. The standard InChI is InChI=1S/C15H18FN3O/c1-11-5-8-19(9-6-11)14-3-2-12(16)10-13(14)18-15(20)4-7-17/h2-3,10-11H,4-6,8-9H2,1H3,(H,18,20). The van der Waals surface area contributed by atoms with E-state index in [0.29, 0.717) is 11.6 Å². The molecule has 1 aliphatic heterocycles. The average Bonchev–Trinajstić information content (AvgIpc) is 2.40. The molecule has 1 saturated heterocycles. The number of halogens is 1. The summed E-state index contributed by atoms with van der Waals surface area (Å²) in [7, 11) is 0. The van der Waals surface area contributed by atoms with Gasteiger partial charge < -0.3 is 10.2 Å². The van der Waals surface area contributed by atoms with Gasteiger partial charge in [0, 0.05) is 13.1 Å². The molecule has 1 fully saturated rings. The van der Waals surface area contributed by atoms with Gasteiger partial charge in [0.25, 0.3) is 0 Å². The first kappa shape index (κ1) is 14.3. The molecule has 0 atom stereocenters. The third kappa shape index (κ3) is 3.47. The van der Waals surface area contributed by atoms with Crippen molar-refractivity contribution in [1.29, 1.82) is 5.26 Å². The summed E-state index contributed by atoms with van der Waals surface area (Å²) in [6.45, 7) is 4.01. The van der Waals surface area contributed by atoms with Gasteiger partial charge in [-0.25, -0.2) is 4.39 Å². The number of carbonyl (C=O) groups excluding carboxylic acids is 1. The Morgan fingerprint density at radius 1 is 1.50 bits per heavy atom. The van der Waals surface area contributed by atoms with Crippen molar-refractivity contribution in [2.45, 2.75) is 26.2 Å². The molecule has 1 N–H and O–H groups in total. The molecule has 1 aromatic rings. The summed E-state index contributed by atoms with van der Waals surface area (Å²) in [5.74, 6) is -0.112. The van der Waals surface area contributed by atoms with Gasteiger partial charge in [0.05, 0.1) is 17.4 Å². The van der Waals surface area contributed by atoms with Gasteiger partial charge in [0.15, 0.2) is 0 Å². The number of nitrogens with one attached hydrogen (secondary N) is 1. The van der Waals surface area contributed by atoms with Gasteiger partial charge in [-0.05, 0) is 37.0 Å². The molecule has 1 amide bonds. The number of benzene rings is 1. The van der Waals surface area contributed by atoms with Crippen molar-refractivity contribution in [3.05, 3.63) is 24.0 Å². The number of anilines is 2. The van der Waals surface area contributed by atoms with Gasteiger partial charge in [0.1, 0.15) is 12.2 Å². The van der Waals surface area contributed by atoms with Gasteiger partial charge in [-0.1, -0.05) is 6.92 Å². The van der Waals surface area contributed by atoms with Crippen LogP contribution < -0.4 is 10.2 Å². The number of amides is 1. The van der Waals surface area contributed by atoms with Crippen LogP contribution in [0.1, 0.15) is 26.2 Å². The minimum Gasteiger partial charge on any atom is -0.370 e. The zero-order valence-electron chi connectivity index (χ0n) is 11.5. The zero-order valence-corrected chi connectivity index (χ0v) is 11.5. The van der Waals surface area contributed by atoms with Crippen LogP contribution in [0.2, 0.25) is 0 Å². The van der Waals surface area contributed by atoms with Gasteiger partial charge in [-0.3, -0.25) is 4.79 Å². The average molecular weight is 275 g/mol. The van der Waals surface area contributed by atoms with E-state index >= 15 is 0 Å². The maximum absolute atomic E-state index is 13.4. The maximum Gasteiger partial charge on any atom is 0.238 e. The van der Waals surface area contributed by atoms with E-state index in [1.54, 1.807) is 12.1 Å². The van der Waals surface area contributed by atoms with Gasteiger partial charge in [-0.2, -0.15) is 5.26 Å². The van der Waals surface area contributed by atoms with E-state index in [1.165, 1.54) is 12.1 Å².